The fourth-order valence-electron chi connectivity index (χ4n) is 6.88. The summed E-state index contributed by atoms with van der Waals surface area (Å²) in [5.41, 5.74) is 0.177. The van der Waals surface area contributed by atoms with Gasteiger partial charge in [0.2, 0.25) is 0 Å². The van der Waals surface area contributed by atoms with Crippen LogP contribution in [0.2, 0.25) is 0 Å². The van der Waals surface area contributed by atoms with Crippen molar-refractivity contribution in [3.8, 4) is 0 Å². The van der Waals surface area contributed by atoms with Crippen LogP contribution in [0.1, 0.15) is 72.1 Å². The van der Waals surface area contributed by atoms with Crippen LogP contribution in [-0.2, 0) is 9.53 Å². The average Bonchev–Trinajstić information content (AvgIpc) is 2.49. The molecule has 1 aliphatic heterocycles. The number of hydrogen-bond acceptors (Lipinski definition) is 3. The number of aliphatic hydroxyl groups excluding tert-OH is 1. The average molecular weight is 320 g/mol. The van der Waals surface area contributed by atoms with E-state index in [9.17, 15) is 9.90 Å². The minimum Gasteiger partial charge on any atom is -0.459 e. The second-order valence-corrected chi connectivity index (χ2v) is 9.49. The number of hydrogen-bond donors (Lipinski definition) is 1. The van der Waals surface area contributed by atoms with Crippen LogP contribution in [0.15, 0.2) is 0 Å². The lowest BCUT2D eigenvalue weighted by molar-refractivity contribution is -0.211. The molecule has 4 fully saturated rings. The Hall–Kier alpha value is -0.570. The molecule has 23 heavy (non-hydrogen) atoms. The lowest BCUT2D eigenvalue weighted by Crippen LogP contribution is -2.59. The molecular formula is C20H32O3. The molecule has 130 valence electrons. The van der Waals surface area contributed by atoms with Crippen LogP contribution in [0.4, 0.5) is 0 Å². The van der Waals surface area contributed by atoms with E-state index in [-0.39, 0.29) is 23.6 Å². The maximum Gasteiger partial charge on any atom is 0.309 e. The zero-order valence-corrected chi connectivity index (χ0v) is 14.9. The molecule has 1 heterocycles. The molecule has 3 nitrogen and oxygen atoms in total. The van der Waals surface area contributed by atoms with E-state index in [1.807, 2.05) is 6.92 Å². The first-order chi connectivity index (χ1) is 10.8. The highest BCUT2D eigenvalue weighted by Crippen LogP contribution is 2.63. The van der Waals surface area contributed by atoms with Crippen molar-refractivity contribution < 1.29 is 14.6 Å². The van der Waals surface area contributed by atoms with E-state index >= 15 is 0 Å². The van der Waals surface area contributed by atoms with E-state index in [0.29, 0.717) is 23.2 Å². The van der Waals surface area contributed by atoms with Gasteiger partial charge >= 0.3 is 5.97 Å². The number of esters is 1. The summed E-state index contributed by atoms with van der Waals surface area (Å²) in [5, 5.41) is 10.1. The van der Waals surface area contributed by atoms with Crippen molar-refractivity contribution in [3.05, 3.63) is 0 Å². The first kappa shape index (κ1) is 15.9. The number of rotatable bonds is 0. The fourth-order valence-corrected chi connectivity index (χ4v) is 6.88. The van der Waals surface area contributed by atoms with Crippen molar-refractivity contribution in [3.63, 3.8) is 0 Å². The van der Waals surface area contributed by atoms with Crippen molar-refractivity contribution in [1.29, 1.82) is 0 Å². The summed E-state index contributed by atoms with van der Waals surface area (Å²) in [6, 6.07) is 0. The molecule has 0 aromatic heterocycles. The third kappa shape index (κ3) is 2.29. The highest BCUT2D eigenvalue weighted by Gasteiger charge is 2.59. The molecule has 3 heteroatoms. The Morgan fingerprint density at radius 2 is 1.83 bits per heavy atom. The largest absolute Gasteiger partial charge is 0.459 e. The Kier molecular flexibility index (Phi) is 3.61. The second kappa shape index (κ2) is 5.21. The van der Waals surface area contributed by atoms with Crippen molar-refractivity contribution in [2.45, 2.75) is 83.8 Å². The smallest absolute Gasteiger partial charge is 0.309 e. The lowest BCUT2D eigenvalue weighted by Gasteiger charge is -2.62. The second-order valence-electron chi connectivity index (χ2n) is 9.49. The first-order valence-electron chi connectivity index (χ1n) is 9.74. The topological polar surface area (TPSA) is 46.5 Å². The molecule has 0 amide bonds. The van der Waals surface area contributed by atoms with Crippen LogP contribution in [0.25, 0.3) is 0 Å². The van der Waals surface area contributed by atoms with Gasteiger partial charge in [0.1, 0.15) is 5.60 Å². The molecule has 0 spiro atoms. The zero-order valence-electron chi connectivity index (χ0n) is 14.9. The van der Waals surface area contributed by atoms with Gasteiger partial charge in [0, 0.05) is 5.92 Å². The molecule has 8 atom stereocenters. The summed E-state index contributed by atoms with van der Waals surface area (Å²) in [6.45, 7) is 6.73. The normalized spacial score (nSPS) is 56.1. The number of carbonyl (C=O) groups is 1. The van der Waals surface area contributed by atoms with Gasteiger partial charge in [-0.2, -0.15) is 0 Å². The number of carbonyl (C=O) groups excluding carboxylic acids is 1. The molecule has 0 bridgehead atoms. The van der Waals surface area contributed by atoms with Crippen LogP contribution in [0, 0.1) is 35.0 Å². The van der Waals surface area contributed by atoms with E-state index < -0.39 is 0 Å². The lowest BCUT2D eigenvalue weighted by atomic mass is 9.45. The van der Waals surface area contributed by atoms with E-state index in [2.05, 4.69) is 13.8 Å². The first-order valence-corrected chi connectivity index (χ1v) is 9.74. The molecule has 4 aliphatic rings. The van der Waals surface area contributed by atoms with Crippen LogP contribution < -0.4 is 0 Å². The third-order valence-corrected chi connectivity index (χ3v) is 8.31. The monoisotopic (exact) mass is 320 g/mol. The molecule has 4 rings (SSSR count). The molecule has 3 saturated carbocycles. The Bertz CT molecular complexity index is 503. The van der Waals surface area contributed by atoms with E-state index in [4.69, 9.17) is 4.74 Å². The SMILES string of the molecule is C[C@@H]1C[C@@H]2[C@@H]3CC[C@@H]4C[C@H](O)CC[C@]4(C)[C@@H]3CC[C@]2(C)OC1=O. The minimum absolute atomic E-state index is 0.0166. The number of ether oxygens (including phenoxy) is 1. The highest BCUT2D eigenvalue weighted by atomic mass is 16.6. The van der Waals surface area contributed by atoms with Gasteiger partial charge in [-0.3, -0.25) is 4.79 Å². The zero-order chi connectivity index (χ0) is 16.4. The Labute approximate surface area is 140 Å². The molecule has 0 unspecified atom stereocenters. The Morgan fingerprint density at radius 1 is 1.04 bits per heavy atom. The van der Waals surface area contributed by atoms with Gasteiger partial charge in [-0.05, 0) is 81.5 Å². The molecule has 3 aliphatic carbocycles. The van der Waals surface area contributed by atoms with Crippen molar-refractivity contribution in [1.82, 2.24) is 0 Å². The number of aliphatic hydroxyl groups is 1. The van der Waals surface area contributed by atoms with Gasteiger partial charge in [0.15, 0.2) is 0 Å². The van der Waals surface area contributed by atoms with E-state index in [0.717, 1.165) is 31.6 Å². The van der Waals surface area contributed by atoms with Gasteiger partial charge in [-0.15, -0.1) is 0 Å². The van der Waals surface area contributed by atoms with Gasteiger partial charge in [0.05, 0.1) is 12.0 Å². The highest BCUT2D eigenvalue weighted by molar-refractivity contribution is 5.73. The summed E-state index contributed by atoms with van der Waals surface area (Å²) in [7, 11) is 0. The maximum absolute atomic E-state index is 12.1. The van der Waals surface area contributed by atoms with Gasteiger partial charge in [-0.25, -0.2) is 0 Å². The van der Waals surface area contributed by atoms with Crippen molar-refractivity contribution >= 4 is 5.97 Å². The van der Waals surface area contributed by atoms with Crippen LogP contribution in [-0.4, -0.2) is 22.8 Å². The summed E-state index contributed by atoms with van der Waals surface area (Å²) in [6.07, 6.45) is 8.85. The maximum atomic E-state index is 12.1. The van der Waals surface area contributed by atoms with Crippen molar-refractivity contribution in [2.75, 3.05) is 0 Å². The number of fused-ring (bicyclic) bond motifs is 5. The fraction of sp³-hybridized carbons (Fsp3) is 0.950. The summed E-state index contributed by atoms with van der Waals surface area (Å²) in [4.78, 5) is 12.1. The predicted octanol–water partition coefficient (Wildman–Crippen LogP) is 3.93. The van der Waals surface area contributed by atoms with E-state index in [1.54, 1.807) is 0 Å². The molecule has 0 aromatic carbocycles. The Balaban J connectivity index is 1.62. The molecule has 1 N–H and O–H groups in total. The van der Waals surface area contributed by atoms with Crippen LogP contribution in [0.5, 0.6) is 0 Å². The standard InChI is InChI=1S/C20H32O3/c1-12-10-17-15-5-4-13-11-14(21)6-8-19(13,2)16(15)7-9-20(17,3)23-18(12)22/h12-17,21H,4-11H2,1-3H3/t12-,13-,14-,15-,16-,17-,19+,20+/m1/s1. The predicted molar refractivity (Wildman–Crippen MR) is 88.7 cm³/mol. The minimum atomic E-state index is -0.220. The Morgan fingerprint density at radius 3 is 2.61 bits per heavy atom. The van der Waals surface area contributed by atoms with Crippen LogP contribution in [0.3, 0.4) is 0 Å². The summed E-state index contributed by atoms with van der Waals surface area (Å²) < 4.78 is 5.95. The summed E-state index contributed by atoms with van der Waals surface area (Å²) in [5.74, 6) is 2.78. The third-order valence-electron chi connectivity index (χ3n) is 8.31. The van der Waals surface area contributed by atoms with Crippen molar-refractivity contribution in [2.24, 2.45) is 35.0 Å². The van der Waals surface area contributed by atoms with E-state index in [1.165, 1.54) is 25.7 Å². The molecule has 0 aromatic rings. The molecular weight excluding hydrogens is 288 g/mol. The van der Waals surface area contributed by atoms with Gasteiger partial charge < -0.3 is 9.84 Å². The summed E-state index contributed by atoms with van der Waals surface area (Å²) >= 11 is 0. The quantitative estimate of drug-likeness (QED) is 0.688. The molecule has 0 radical (unpaired) electrons. The van der Waals surface area contributed by atoms with Gasteiger partial charge in [-0.1, -0.05) is 13.8 Å². The van der Waals surface area contributed by atoms with Crippen LogP contribution >= 0.6 is 0 Å². The molecule has 1 saturated heterocycles. The van der Waals surface area contributed by atoms with Gasteiger partial charge in [0.25, 0.3) is 0 Å².